The van der Waals surface area contributed by atoms with E-state index in [0.29, 0.717) is 42.8 Å². The van der Waals surface area contributed by atoms with Gasteiger partial charge in [0, 0.05) is 18.1 Å². The highest BCUT2D eigenvalue weighted by Gasteiger charge is 2.32. The van der Waals surface area contributed by atoms with E-state index in [1.165, 1.54) is 16.4 Å². The molecule has 1 aliphatic heterocycles. The van der Waals surface area contributed by atoms with Crippen molar-refractivity contribution in [2.45, 2.75) is 24.3 Å². The Morgan fingerprint density at radius 1 is 1.00 bits per heavy atom. The van der Waals surface area contributed by atoms with Crippen molar-refractivity contribution >= 4 is 27.6 Å². The number of sulfonamides is 1. The van der Waals surface area contributed by atoms with Crippen molar-refractivity contribution in [3.63, 3.8) is 0 Å². The van der Waals surface area contributed by atoms with E-state index in [-0.39, 0.29) is 18.1 Å². The van der Waals surface area contributed by atoms with Crippen LogP contribution in [-0.4, -0.2) is 63.8 Å². The number of halogens is 1. The molecule has 1 heterocycles. The molecular formula is C22H26ClNO7S. The Balaban J connectivity index is 1.45. The maximum Gasteiger partial charge on any atom is 0.350 e. The van der Waals surface area contributed by atoms with E-state index in [1.54, 1.807) is 50.2 Å². The Kier molecular flexibility index (Phi) is 8.00. The van der Waals surface area contributed by atoms with Crippen molar-refractivity contribution in [2.24, 2.45) is 0 Å². The highest BCUT2D eigenvalue weighted by Crippen LogP contribution is 2.22. The molecule has 174 valence electrons. The highest BCUT2D eigenvalue weighted by molar-refractivity contribution is 7.89. The molecule has 0 atom stereocenters. The minimum atomic E-state index is -3.55. The molecule has 0 unspecified atom stereocenters. The lowest BCUT2D eigenvalue weighted by Crippen LogP contribution is -2.40. The van der Waals surface area contributed by atoms with Gasteiger partial charge in [-0.25, -0.2) is 13.2 Å². The zero-order valence-electron chi connectivity index (χ0n) is 18.0. The van der Waals surface area contributed by atoms with Gasteiger partial charge in [-0.3, -0.25) is 0 Å². The first-order valence-corrected chi connectivity index (χ1v) is 11.9. The zero-order chi connectivity index (χ0) is 23.2. The third-order valence-corrected chi connectivity index (χ3v) is 6.86. The summed E-state index contributed by atoms with van der Waals surface area (Å²) in [5, 5.41) is 0.571. The van der Waals surface area contributed by atoms with Crippen molar-refractivity contribution in [3.05, 3.63) is 53.6 Å². The first-order chi connectivity index (χ1) is 15.2. The number of esters is 1. The maximum absolute atomic E-state index is 12.6. The summed E-state index contributed by atoms with van der Waals surface area (Å²) in [5.74, 6) is 0.432. The van der Waals surface area contributed by atoms with Crippen LogP contribution in [-0.2, 0) is 24.3 Å². The number of nitrogens with zero attached hydrogens (tertiary/aromatic N) is 1. The van der Waals surface area contributed by atoms with E-state index in [4.69, 9.17) is 30.5 Å². The number of ether oxygens (including phenoxy) is 4. The van der Waals surface area contributed by atoms with Crippen LogP contribution in [0.3, 0.4) is 0 Å². The van der Waals surface area contributed by atoms with Crippen LogP contribution in [0.15, 0.2) is 53.4 Å². The van der Waals surface area contributed by atoms with E-state index in [0.717, 1.165) is 0 Å². The Hall–Kier alpha value is -2.33. The molecule has 0 bridgehead atoms. The molecular weight excluding hydrogens is 458 g/mol. The number of hydrogen-bond donors (Lipinski definition) is 0. The molecule has 0 aliphatic carbocycles. The Morgan fingerprint density at radius 2 is 1.59 bits per heavy atom. The second kappa shape index (κ2) is 10.5. The average molecular weight is 484 g/mol. The second-order valence-corrected chi connectivity index (χ2v) is 9.91. The lowest BCUT2D eigenvalue weighted by molar-refractivity contribution is -0.160. The average Bonchev–Trinajstić information content (AvgIpc) is 2.79. The lowest BCUT2D eigenvalue weighted by atomic mass is 10.1. The molecule has 10 heteroatoms. The molecule has 0 spiro atoms. The third kappa shape index (κ3) is 6.35. The first-order valence-electron chi connectivity index (χ1n) is 10.1. The minimum Gasteiger partial charge on any atom is -0.490 e. The van der Waals surface area contributed by atoms with Gasteiger partial charge in [0.25, 0.3) is 0 Å². The normalized spacial score (nSPS) is 15.2. The zero-order valence-corrected chi connectivity index (χ0v) is 19.5. The van der Waals surface area contributed by atoms with Crippen LogP contribution < -0.4 is 9.47 Å². The number of carbonyl (C=O) groups excluding carboxylic acids is 1. The molecule has 1 aliphatic rings. The minimum absolute atomic E-state index is 0.0140. The largest absolute Gasteiger partial charge is 0.490 e. The van der Waals surface area contributed by atoms with Crippen LogP contribution >= 0.6 is 11.6 Å². The summed E-state index contributed by atoms with van der Waals surface area (Å²) in [7, 11) is -3.55. The van der Waals surface area contributed by atoms with Gasteiger partial charge in [0.2, 0.25) is 10.0 Å². The molecule has 0 amide bonds. The van der Waals surface area contributed by atoms with E-state index in [1.807, 2.05) is 0 Å². The molecule has 32 heavy (non-hydrogen) atoms. The van der Waals surface area contributed by atoms with Crippen LogP contribution in [0.25, 0.3) is 0 Å². The Morgan fingerprint density at radius 3 is 2.22 bits per heavy atom. The quantitative estimate of drug-likeness (QED) is 0.399. The van der Waals surface area contributed by atoms with Gasteiger partial charge >= 0.3 is 5.97 Å². The summed E-state index contributed by atoms with van der Waals surface area (Å²) in [5.41, 5.74) is -1.19. The summed E-state index contributed by atoms with van der Waals surface area (Å²) >= 11 is 5.85. The van der Waals surface area contributed by atoms with Gasteiger partial charge in [-0.15, -0.1) is 0 Å². The fraction of sp³-hybridized carbons (Fsp3) is 0.409. The van der Waals surface area contributed by atoms with Gasteiger partial charge in [-0.1, -0.05) is 11.6 Å². The molecule has 0 saturated carbocycles. The summed E-state index contributed by atoms with van der Waals surface area (Å²) < 4.78 is 48.4. The molecule has 0 aromatic heterocycles. The van der Waals surface area contributed by atoms with E-state index in [2.05, 4.69) is 0 Å². The predicted octanol–water partition coefficient (Wildman–Crippen LogP) is 3.14. The van der Waals surface area contributed by atoms with Gasteiger partial charge < -0.3 is 18.9 Å². The molecule has 1 fully saturated rings. The fourth-order valence-corrected chi connectivity index (χ4v) is 4.48. The van der Waals surface area contributed by atoms with E-state index >= 15 is 0 Å². The number of morpholine rings is 1. The van der Waals surface area contributed by atoms with Crippen LogP contribution in [0, 0.1) is 0 Å². The van der Waals surface area contributed by atoms with Gasteiger partial charge in [0.15, 0.2) is 5.60 Å². The molecule has 8 nitrogen and oxygen atoms in total. The van der Waals surface area contributed by atoms with E-state index in [9.17, 15) is 13.2 Å². The standard InChI is InChI=1S/C22H26ClNO7S/c1-22(2,31-19-5-3-17(23)4-6-19)21(25)30-16-15-29-18-7-9-20(10-8-18)32(26,27)24-11-13-28-14-12-24/h3-10H,11-16H2,1-2H3. The number of hydrogen-bond acceptors (Lipinski definition) is 7. The summed E-state index contributed by atoms with van der Waals surface area (Å²) in [4.78, 5) is 12.5. The monoisotopic (exact) mass is 483 g/mol. The number of benzene rings is 2. The Labute approximate surface area is 193 Å². The molecule has 2 aromatic rings. The topological polar surface area (TPSA) is 91.4 Å². The van der Waals surface area contributed by atoms with Crippen molar-refractivity contribution < 1.29 is 32.2 Å². The van der Waals surface area contributed by atoms with Gasteiger partial charge in [0.05, 0.1) is 18.1 Å². The summed E-state index contributed by atoms with van der Waals surface area (Å²) in [6.45, 7) is 4.80. The first kappa shape index (κ1) is 24.3. The fourth-order valence-electron chi connectivity index (χ4n) is 2.95. The van der Waals surface area contributed by atoms with Crippen LogP contribution in [0.1, 0.15) is 13.8 Å². The molecule has 0 N–H and O–H groups in total. The second-order valence-electron chi connectivity index (χ2n) is 7.54. The van der Waals surface area contributed by atoms with Crippen LogP contribution in [0.5, 0.6) is 11.5 Å². The summed E-state index contributed by atoms with van der Waals surface area (Å²) in [6.07, 6.45) is 0. The Bertz CT molecular complexity index is 1000. The van der Waals surface area contributed by atoms with Gasteiger partial charge in [0.1, 0.15) is 24.7 Å². The van der Waals surface area contributed by atoms with Gasteiger partial charge in [-0.2, -0.15) is 4.31 Å². The molecule has 2 aromatic carbocycles. The van der Waals surface area contributed by atoms with Crippen LogP contribution in [0.2, 0.25) is 5.02 Å². The number of rotatable bonds is 9. The van der Waals surface area contributed by atoms with Crippen LogP contribution in [0.4, 0.5) is 0 Å². The molecule has 0 radical (unpaired) electrons. The van der Waals surface area contributed by atoms with E-state index < -0.39 is 21.6 Å². The SMILES string of the molecule is CC(C)(Oc1ccc(Cl)cc1)C(=O)OCCOc1ccc(S(=O)(=O)N2CCOCC2)cc1. The molecule has 3 rings (SSSR count). The summed E-state index contributed by atoms with van der Waals surface area (Å²) in [6, 6.07) is 12.8. The third-order valence-electron chi connectivity index (χ3n) is 4.70. The van der Waals surface area contributed by atoms with Crippen molar-refractivity contribution in [2.75, 3.05) is 39.5 Å². The lowest BCUT2D eigenvalue weighted by Gasteiger charge is -2.26. The predicted molar refractivity (Wildman–Crippen MR) is 119 cm³/mol. The van der Waals surface area contributed by atoms with Crippen molar-refractivity contribution in [1.82, 2.24) is 4.31 Å². The highest BCUT2D eigenvalue weighted by atomic mass is 35.5. The van der Waals surface area contributed by atoms with Gasteiger partial charge in [-0.05, 0) is 62.4 Å². The smallest absolute Gasteiger partial charge is 0.350 e. The number of carbonyl (C=O) groups is 1. The van der Waals surface area contributed by atoms with Crippen molar-refractivity contribution in [3.8, 4) is 11.5 Å². The maximum atomic E-state index is 12.6. The molecule has 1 saturated heterocycles. The van der Waals surface area contributed by atoms with Crippen molar-refractivity contribution in [1.29, 1.82) is 0 Å².